The van der Waals surface area contributed by atoms with Crippen LogP contribution in [0.1, 0.15) is 36.6 Å². The number of hydrogen-bond donors (Lipinski definition) is 1. The van der Waals surface area contributed by atoms with E-state index in [0.717, 1.165) is 15.8 Å². The van der Waals surface area contributed by atoms with Crippen molar-refractivity contribution in [3.63, 3.8) is 0 Å². The highest BCUT2D eigenvalue weighted by atomic mass is 32.1. The quantitative estimate of drug-likeness (QED) is 0.231. The maximum absolute atomic E-state index is 13.3. The lowest BCUT2D eigenvalue weighted by Crippen LogP contribution is -2.29. The van der Waals surface area contributed by atoms with Gasteiger partial charge in [0, 0.05) is 18.0 Å². The molecular formula is C27H23N3O4S. The molecule has 2 aromatic carbocycles. The van der Waals surface area contributed by atoms with E-state index in [0.29, 0.717) is 22.0 Å². The number of ether oxygens (including phenoxy) is 1. The average molecular weight is 486 g/mol. The van der Waals surface area contributed by atoms with E-state index in [9.17, 15) is 14.7 Å². The molecule has 1 saturated heterocycles. The normalized spacial score (nSPS) is 17.5. The molecule has 0 saturated carbocycles. The van der Waals surface area contributed by atoms with E-state index in [1.54, 1.807) is 42.7 Å². The van der Waals surface area contributed by atoms with Crippen molar-refractivity contribution in [1.29, 1.82) is 0 Å². The van der Waals surface area contributed by atoms with Crippen molar-refractivity contribution in [1.82, 2.24) is 9.97 Å². The Kier molecular flexibility index (Phi) is 5.82. The minimum atomic E-state index is -0.842. The van der Waals surface area contributed by atoms with Crippen molar-refractivity contribution in [2.24, 2.45) is 0 Å². The van der Waals surface area contributed by atoms with E-state index in [-0.39, 0.29) is 17.4 Å². The van der Waals surface area contributed by atoms with Crippen LogP contribution in [-0.4, -0.2) is 32.9 Å². The fourth-order valence-corrected chi connectivity index (χ4v) is 5.18. The van der Waals surface area contributed by atoms with Crippen molar-refractivity contribution in [2.45, 2.75) is 32.9 Å². The van der Waals surface area contributed by atoms with E-state index < -0.39 is 17.7 Å². The van der Waals surface area contributed by atoms with Gasteiger partial charge in [-0.2, -0.15) is 0 Å². The zero-order valence-electron chi connectivity index (χ0n) is 19.4. The number of Topliss-reactive ketones (excluding diaryl/α,β-unsaturated/α-hetero) is 1. The number of aliphatic hydroxyl groups excluding tert-OH is 1. The Morgan fingerprint density at radius 1 is 1.09 bits per heavy atom. The predicted molar refractivity (Wildman–Crippen MR) is 136 cm³/mol. The number of rotatable bonds is 5. The van der Waals surface area contributed by atoms with Crippen LogP contribution in [0.5, 0.6) is 5.75 Å². The largest absolute Gasteiger partial charge is 0.507 e. The third kappa shape index (κ3) is 4.06. The van der Waals surface area contributed by atoms with Gasteiger partial charge in [-0.15, -0.1) is 0 Å². The minimum absolute atomic E-state index is 0.000953. The molecular weight excluding hydrogens is 462 g/mol. The highest BCUT2D eigenvalue weighted by Gasteiger charge is 2.48. The van der Waals surface area contributed by atoms with Crippen LogP contribution >= 0.6 is 11.3 Å². The van der Waals surface area contributed by atoms with Gasteiger partial charge < -0.3 is 9.84 Å². The number of para-hydroxylation sites is 1. The number of aliphatic hydroxyl groups is 1. The fourth-order valence-electron chi connectivity index (χ4n) is 4.19. The highest BCUT2D eigenvalue weighted by molar-refractivity contribution is 7.22. The smallest absolute Gasteiger partial charge is 0.301 e. The van der Waals surface area contributed by atoms with Gasteiger partial charge in [-0.25, -0.2) is 4.98 Å². The van der Waals surface area contributed by atoms with Gasteiger partial charge in [-0.3, -0.25) is 19.5 Å². The number of carbonyl (C=O) groups is 2. The molecule has 8 heteroatoms. The van der Waals surface area contributed by atoms with Crippen LogP contribution in [0.25, 0.3) is 16.0 Å². The first-order valence-corrected chi connectivity index (χ1v) is 12.0. The topological polar surface area (TPSA) is 92.6 Å². The summed E-state index contributed by atoms with van der Waals surface area (Å²) in [4.78, 5) is 36.7. The molecule has 0 spiro atoms. The van der Waals surface area contributed by atoms with Crippen LogP contribution in [0.3, 0.4) is 0 Å². The molecule has 176 valence electrons. The van der Waals surface area contributed by atoms with Gasteiger partial charge in [0.25, 0.3) is 5.78 Å². The number of aromatic nitrogens is 2. The lowest BCUT2D eigenvalue weighted by atomic mass is 9.95. The maximum atomic E-state index is 13.3. The summed E-state index contributed by atoms with van der Waals surface area (Å²) in [6, 6.07) is 15.4. The SMILES string of the molecule is Cc1cc(/C(O)=C2\C(=O)C(=O)N(c3nc4ccccc4s3)C2c2ccncc2)ccc1OC(C)C. The molecule has 3 heterocycles. The first-order chi connectivity index (χ1) is 16.8. The van der Waals surface area contributed by atoms with Gasteiger partial charge in [0.2, 0.25) is 0 Å². The van der Waals surface area contributed by atoms with Crippen molar-refractivity contribution < 1.29 is 19.4 Å². The van der Waals surface area contributed by atoms with E-state index in [1.165, 1.54) is 16.2 Å². The first kappa shape index (κ1) is 22.7. The molecule has 4 aromatic rings. The van der Waals surface area contributed by atoms with Gasteiger partial charge in [-0.05, 0) is 74.4 Å². The summed E-state index contributed by atoms with van der Waals surface area (Å²) in [6.07, 6.45) is 3.19. The molecule has 1 unspecified atom stereocenters. The van der Waals surface area contributed by atoms with Crippen molar-refractivity contribution in [3.05, 3.63) is 89.3 Å². The van der Waals surface area contributed by atoms with Gasteiger partial charge in [-0.1, -0.05) is 23.5 Å². The van der Waals surface area contributed by atoms with Crippen LogP contribution in [0.4, 0.5) is 5.13 Å². The molecule has 1 amide bonds. The number of aryl methyl sites for hydroxylation is 1. The van der Waals surface area contributed by atoms with Gasteiger partial charge in [0.15, 0.2) is 5.13 Å². The molecule has 7 nitrogen and oxygen atoms in total. The summed E-state index contributed by atoms with van der Waals surface area (Å²) in [6.45, 7) is 5.74. The highest BCUT2D eigenvalue weighted by Crippen LogP contribution is 2.44. The maximum Gasteiger partial charge on any atom is 0.301 e. The van der Waals surface area contributed by atoms with Crippen LogP contribution < -0.4 is 9.64 Å². The predicted octanol–water partition coefficient (Wildman–Crippen LogP) is 5.41. The Morgan fingerprint density at radius 2 is 1.83 bits per heavy atom. The molecule has 1 fully saturated rings. The van der Waals surface area contributed by atoms with Crippen molar-refractivity contribution >= 4 is 44.1 Å². The molecule has 2 aromatic heterocycles. The van der Waals surface area contributed by atoms with Crippen LogP contribution in [0.2, 0.25) is 0 Å². The second-order valence-corrected chi connectivity index (χ2v) is 9.57. The molecule has 1 aliphatic rings. The summed E-state index contributed by atoms with van der Waals surface area (Å²) in [7, 11) is 0. The second kappa shape index (κ2) is 8.96. The van der Waals surface area contributed by atoms with E-state index in [2.05, 4.69) is 9.97 Å². The number of amides is 1. The number of benzene rings is 2. The van der Waals surface area contributed by atoms with E-state index in [1.807, 2.05) is 45.0 Å². The standard InChI is InChI=1S/C27H23N3O4S/c1-15(2)34-20-9-8-18(14-16(20)3)24(31)22-23(17-10-12-28-13-11-17)30(26(33)25(22)32)27-29-19-6-4-5-7-21(19)35-27/h4-15,23,31H,1-3H3/b24-22+. The fraction of sp³-hybridized carbons (Fsp3) is 0.185. The van der Waals surface area contributed by atoms with Gasteiger partial charge >= 0.3 is 5.91 Å². The molecule has 1 atom stereocenters. The minimum Gasteiger partial charge on any atom is -0.507 e. The monoisotopic (exact) mass is 485 g/mol. The third-order valence-corrected chi connectivity index (χ3v) is 6.80. The molecule has 1 N–H and O–H groups in total. The number of hydrogen-bond acceptors (Lipinski definition) is 7. The number of ketones is 1. The van der Waals surface area contributed by atoms with Gasteiger partial charge in [0.05, 0.1) is 27.9 Å². The van der Waals surface area contributed by atoms with Crippen LogP contribution in [0.15, 0.2) is 72.6 Å². The molecule has 0 radical (unpaired) electrons. The zero-order valence-corrected chi connectivity index (χ0v) is 20.2. The van der Waals surface area contributed by atoms with Crippen LogP contribution in [-0.2, 0) is 9.59 Å². The lowest BCUT2D eigenvalue weighted by Gasteiger charge is -2.22. The summed E-state index contributed by atoms with van der Waals surface area (Å²) in [5.74, 6) is -1.04. The number of carbonyl (C=O) groups excluding carboxylic acids is 2. The van der Waals surface area contributed by atoms with Crippen LogP contribution in [0, 0.1) is 6.92 Å². The molecule has 1 aliphatic heterocycles. The second-order valence-electron chi connectivity index (χ2n) is 8.56. The number of pyridine rings is 1. The summed E-state index contributed by atoms with van der Waals surface area (Å²) in [5, 5.41) is 11.7. The molecule has 35 heavy (non-hydrogen) atoms. The summed E-state index contributed by atoms with van der Waals surface area (Å²) in [5.41, 5.74) is 2.64. The first-order valence-electron chi connectivity index (χ1n) is 11.2. The van der Waals surface area contributed by atoms with Crippen molar-refractivity contribution in [3.8, 4) is 5.75 Å². The Bertz CT molecular complexity index is 1440. The Hall–Kier alpha value is -4.04. The Labute approximate surface area is 206 Å². The number of anilines is 1. The molecule has 5 rings (SSSR count). The Balaban J connectivity index is 1.67. The van der Waals surface area contributed by atoms with Gasteiger partial charge in [0.1, 0.15) is 11.5 Å². The zero-order chi connectivity index (χ0) is 24.7. The average Bonchev–Trinajstić information content (AvgIpc) is 3.38. The number of fused-ring (bicyclic) bond motifs is 1. The van der Waals surface area contributed by atoms with E-state index >= 15 is 0 Å². The van der Waals surface area contributed by atoms with Crippen molar-refractivity contribution in [2.75, 3.05) is 4.90 Å². The summed E-state index contributed by atoms with van der Waals surface area (Å²) >= 11 is 1.32. The molecule has 0 bridgehead atoms. The number of thiazole rings is 1. The Morgan fingerprint density at radius 3 is 2.51 bits per heavy atom. The summed E-state index contributed by atoms with van der Waals surface area (Å²) < 4.78 is 6.69. The lowest BCUT2D eigenvalue weighted by molar-refractivity contribution is -0.132. The number of nitrogens with zero attached hydrogens (tertiary/aromatic N) is 3. The third-order valence-electron chi connectivity index (χ3n) is 5.77. The molecule has 0 aliphatic carbocycles. The van der Waals surface area contributed by atoms with E-state index in [4.69, 9.17) is 4.74 Å².